The van der Waals surface area contributed by atoms with E-state index in [1.165, 1.54) is 0 Å². The second kappa shape index (κ2) is 9.83. The van der Waals surface area contributed by atoms with E-state index in [-0.39, 0.29) is 0 Å². The summed E-state index contributed by atoms with van der Waals surface area (Å²) in [5.74, 6) is 1.50. The summed E-state index contributed by atoms with van der Waals surface area (Å²) in [6, 6.07) is 13.5. The summed E-state index contributed by atoms with van der Waals surface area (Å²) in [6.45, 7) is 5.87. The van der Waals surface area contributed by atoms with Gasteiger partial charge in [0.25, 0.3) is 0 Å². The van der Waals surface area contributed by atoms with Crippen LogP contribution in [0.15, 0.2) is 47.6 Å². The van der Waals surface area contributed by atoms with Gasteiger partial charge in [0.05, 0.1) is 26.0 Å². The van der Waals surface area contributed by atoms with Gasteiger partial charge in [-0.25, -0.2) is 0 Å². The highest BCUT2D eigenvalue weighted by Crippen LogP contribution is 2.28. The Kier molecular flexibility index (Phi) is 7.43. The monoisotopic (exact) mass is 346 g/mol. The molecule has 0 atom stereocenters. The van der Waals surface area contributed by atoms with Crippen LogP contribution in [0.3, 0.4) is 0 Å². The molecule has 0 aromatic heterocycles. The molecule has 2 aromatic carbocycles. The van der Waals surface area contributed by atoms with Crippen molar-refractivity contribution in [1.29, 1.82) is 0 Å². The highest BCUT2D eigenvalue weighted by molar-refractivity contribution is 6.31. The fourth-order valence-corrected chi connectivity index (χ4v) is 2.30. The van der Waals surface area contributed by atoms with Crippen LogP contribution in [0.4, 0.5) is 0 Å². The lowest BCUT2D eigenvalue weighted by Crippen LogP contribution is -2.06. The van der Waals surface area contributed by atoms with Crippen LogP contribution in [0, 0.1) is 0 Å². The Morgan fingerprint density at radius 2 is 1.92 bits per heavy atom. The van der Waals surface area contributed by atoms with Crippen molar-refractivity contribution in [2.24, 2.45) is 5.10 Å². The van der Waals surface area contributed by atoms with Gasteiger partial charge in [0.2, 0.25) is 0 Å². The fourth-order valence-electron chi connectivity index (χ4n) is 2.10. The Balaban J connectivity index is 1.98. The van der Waals surface area contributed by atoms with Crippen LogP contribution >= 0.6 is 11.6 Å². The molecule has 1 N–H and O–H groups in total. The molecule has 0 aliphatic rings. The first-order chi connectivity index (χ1) is 11.7. The Labute approximate surface area is 148 Å². The minimum absolute atomic E-state index is 0.576. The summed E-state index contributed by atoms with van der Waals surface area (Å²) in [5.41, 5.74) is 4.95. The molecule has 2 rings (SSSR count). The first kappa shape index (κ1) is 18.1. The van der Waals surface area contributed by atoms with E-state index < -0.39 is 0 Å². The van der Waals surface area contributed by atoms with Crippen molar-refractivity contribution < 1.29 is 9.47 Å². The molecular weight excluding hydrogens is 324 g/mol. The van der Waals surface area contributed by atoms with Crippen LogP contribution in [0.2, 0.25) is 5.02 Å². The number of nitrogens with one attached hydrogen (secondary N) is 1. The third-order valence-electron chi connectivity index (χ3n) is 3.26. The molecule has 24 heavy (non-hydrogen) atoms. The maximum atomic E-state index is 6.11. The van der Waals surface area contributed by atoms with Crippen LogP contribution < -0.4 is 14.9 Å². The highest BCUT2D eigenvalue weighted by Gasteiger charge is 2.05. The normalized spacial score (nSPS) is 10.8. The molecule has 0 bridgehead atoms. The Bertz CT molecular complexity index is 674. The van der Waals surface area contributed by atoms with Gasteiger partial charge in [-0.1, -0.05) is 36.7 Å². The summed E-state index contributed by atoms with van der Waals surface area (Å²) in [6.07, 6.45) is 2.71. The fraction of sp³-hybridized carbons (Fsp3) is 0.316. The molecule has 0 saturated carbocycles. The molecule has 0 saturated heterocycles. The number of hydrogen-bond donors (Lipinski definition) is 1. The number of nitrogens with zero attached hydrogens (tertiary/aromatic N) is 1. The van der Waals surface area contributed by atoms with Gasteiger partial charge >= 0.3 is 0 Å². The maximum Gasteiger partial charge on any atom is 0.161 e. The third-order valence-corrected chi connectivity index (χ3v) is 3.63. The summed E-state index contributed by atoms with van der Waals surface area (Å²) in [7, 11) is 0. The van der Waals surface area contributed by atoms with E-state index >= 15 is 0 Å². The van der Waals surface area contributed by atoms with E-state index in [4.69, 9.17) is 21.1 Å². The van der Waals surface area contributed by atoms with E-state index in [0.29, 0.717) is 19.8 Å². The minimum atomic E-state index is 0.576. The number of halogens is 1. The Morgan fingerprint density at radius 3 is 2.67 bits per heavy atom. The molecule has 0 unspecified atom stereocenters. The zero-order chi connectivity index (χ0) is 17.2. The zero-order valence-corrected chi connectivity index (χ0v) is 14.8. The van der Waals surface area contributed by atoms with Crippen molar-refractivity contribution in [3.8, 4) is 11.5 Å². The highest BCUT2D eigenvalue weighted by atomic mass is 35.5. The van der Waals surface area contributed by atoms with Gasteiger partial charge in [0.1, 0.15) is 0 Å². The molecule has 2 aromatic rings. The van der Waals surface area contributed by atoms with Crippen LogP contribution in [0.1, 0.15) is 31.4 Å². The SMILES string of the molecule is CCCOc1ccc(/C=N\NCc2ccccc2Cl)cc1OCC. The summed E-state index contributed by atoms with van der Waals surface area (Å²) in [5, 5.41) is 4.97. The molecule has 0 amide bonds. The average Bonchev–Trinajstić information content (AvgIpc) is 2.59. The average molecular weight is 347 g/mol. The van der Waals surface area contributed by atoms with E-state index in [9.17, 15) is 0 Å². The Hall–Kier alpha value is -2.20. The predicted octanol–water partition coefficient (Wildman–Crippen LogP) is 4.65. The van der Waals surface area contributed by atoms with Crippen molar-refractivity contribution in [3.05, 3.63) is 58.6 Å². The standard InChI is InChI=1S/C19H23ClN2O2/c1-3-11-24-18-10-9-15(12-19(18)23-4-2)13-21-22-14-16-7-5-6-8-17(16)20/h5-10,12-13,22H,3-4,11,14H2,1-2H3/b21-13-. The number of hydrogen-bond acceptors (Lipinski definition) is 4. The topological polar surface area (TPSA) is 42.8 Å². The van der Waals surface area contributed by atoms with Gasteiger partial charge in [-0.15, -0.1) is 0 Å². The van der Waals surface area contributed by atoms with Crippen molar-refractivity contribution in [1.82, 2.24) is 5.43 Å². The number of hydrazone groups is 1. The number of ether oxygens (including phenoxy) is 2. The smallest absolute Gasteiger partial charge is 0.161 e. The molecule has 0 heterocycles. The molecule has 128 valence electrons. The van der Waals surface area contributed by atoms with Gasteiger partial charge in [0.15, 0.2) is 11.5 Å². The quantitative estimate of drug-likeness (QED) is 0.531. The second-order valence-electron chi connectivity index (χ2n) is 5.17. The number of benzene rings is 2. The van der Waals surface area contributed by atoms with E-state index in [1.54, 1.807) is 6.21 Å². The lowest BCUT2D eigenvalue weighted by Gasteiger charge is -2.11. The molecule has 0 fully saturated rings. The van der Waals surface area contributed by atoms with Crippen LogP contribution in [-0.4, -0.2) is 19.4 Å². The molecular formula is C19H23ClN2O2. The zero-order valence-electron chi connectivity index (χ0n) is 14.1. The molecule has 5 heteroatoms. The van der Waals surface area contributed by atoms with E-state index in [0.717, 1.165) is 34.1 Å². The largest absolute Gasteiger partial charge is 0.490 e. The third kappa shape index (κ3) is 5.46. The van der Waals surface area contributed by atoms with E-state index in [1.807, 2.05) is 49.4 Å². The summed E-state index contributed by atoms with van der Waals surface area (Å²) < 4.78 is 11.3. The van der Waals surface area contributed by atoms with Crippen LogP contribution in [-0.2, 0) is 6.54 Å². The first-order valence-electron chi connectivity index (χ1n) is 8.13. The van der Waals surface area contributed by atoms with Gasteiger partial charge in [-0.05, 0) is 48.7 Å². The molecule has 4 nitrogen and oxygen atoms in total. The second-order valence-corrected chi connectivity index (χ2v) is 5.58. The first-order valence-corrected chi connectivity index (χ1v) is 8.51. The lowest BCUT2D eigenvalue weighted by atomic mass is 10.2. The van der Waals surface area contributed by atoms with Gasteiger partial charge in [0, 0.05) is 5.02 Å². The van der Waals surface area contributed by atoms with Crippen molar-refractivity contribution in [2.45, 2.75) is 26.8 Å². The predicted molar refractivity (Wildman–Crippen MR) is 99.3 cm³/mol. The van der Waals surface area contributed by atoms with Crippen LogP contribution in [0.5, 0.6) is 11.5 Å². The molecule has 0 radical (unpaired) electrons. The van der Waals surface area contributed by atoms with Crippen LogP contribution in [0.25, 0.3) is 0 Å². The van der Waals surface area contributed by atoms with Gasteiger partial charge < -0.3 is 14.9 Å². The molecule has 0 aliphatic carbocycles. The number of rotatable bonds is 9. The summed E-state index contributed by atoms with van der Waals surface area (Å²) in [4.78, 5) is 0. The van der Waals surface area contributed by atoms with Gasteiger partial charge in [-0.2, -0.15) is 5.10 Å². The van der Waals surface area contributed by atoms with Gasteiger partial charge in [-0.3, -0.25) is 0 Å². The maximum absolute atomic E-state index is 6.11. The van der Waals surface area contributed by atoms with E-state index in [2.05, 4.69) is 17.5 Å². The lowest BCUT2D eigenvalue weighted by molar-refractivity contribution is 0.277. The van der Waals surface area contributed by atoms with Crippen molar-refractivity contribution in [3.63, 3.8) is 0 Å². The van der Waals surface area contributed by atoms with Crippen molar-refractivity contribution in [2.75, 3.05) is 13.2 Å². The molecule has 0 spiro atoms. The summed E-state index contributed by atoms with van der Waals surface area (Å²) >= 11 is 6.11. The molecule has 0 aliphatic heterocycles. The minimum Gasteiger partial charge on any atom is -0.490 e. The van der Waals surface area contributed by atoms with Crippen molar-refractivity contribution >= 4 is 17.8 Å². The Morgan fingerprint density at radius 1 is 1.08 bits per heavy atom.